The number of amides is 1. The maximum absolute atomic E-state index is 12.6. The number of nitrogens with one attached hydrogen (secondary N) is 1. The molecule has 0 atom stereocenters. The van der Waals surface area contributed by atoms with Crippen molar-refractivity contribution in [2.75, 3.05) is 13.2 Å². The molecule has 2 aromatic rings. The monoisotopic (exact) mass is 448 g/mol. The van der Waals surface area contributed by atoms with Gasteiger partial charge in [-0.15, -0.1) is 0 Å². The number of aliphatic imine (C=N–C) groups is 1. The summed E-state index contributed by atoms with van der Waals surface area (Å²) in [5.41, 5.74) is 2.00. The lowest BCUT2D eigenvalue weighted by atomic mass is 10.1. The van der Waals surface area contributed by atoms with Crippen molar-refractivity contribution in [3.05, 3.63) is 65.2 Å². The second kappa shape index (κ2) is 9.40. The second-order valence-electron chi connectivity index (χ2n) is 7.66. The summed E-state index contributed by atoms with van der Waals surface area (Å²) in [5, 5.41) is 15.6. The largest absolute Gasteiger partial charge is 0.490 e. The number of ether oxygens (including phenoxy) is 2. The Morgan fingerprint density at radius 1 is 1.12 bits per heavy atom. The number of para-hydroxylation sites is 1. The van der Waals surface area contributed by atoms with Crippen LogP contribution in [0.25, 0.3) is 6.08 Å². The minimum Gasteiger partial charge on any atom is -0.490 e. The average molecular weight is 449 g/mol. The van der Waals surface area contributed by atoms with Crippen LogP contribution in [0.15, 0.2) is 64.2 Å². The highest BCUT2D eigenvalue weighted by atomic mass is 32.2. The molecule has 164 valence electrons. The number of nitrogens with zero attached hydrogens (tertiary/aromatic N) is 3. The van der Waals surface area contributed by atoms with Gasteiger partial charge in [-0.05, 0) is 48.5 Å². The summed E-state index contributed by atoms with van der Waals surface area (Å²) >= 11 is 1.33. The molecule has 0 unspecified atom stereocenters. The van der Waals surface area contributed by atoms with Gasteiger partial charge in [0, 0.05) is 11.5 Å². The predicted molar refractivity (Wildman–Crippen MR) is 128 cm³/mol. The van der Waals surface area contributed by atoms with E-state index >= 15 is 0 Å². The zero-order chi connectivity index (χ0) is 22.7. The molecule has 2 aromatic carbocycles. The lowest BCUT2D eigenvalue weighted by Crippen LogP contribution is -2.35. The van der Waals surface area contributed by atoms with Gasteiger partial charge >= 0.3 is 0 Å². The molecule has 0 saturated heterocycles. The lowest BCUT2D eigenvalue weighted by molar-refractivity contribution is -0.114. The molecule has 7 nitrogen and oxygen atoms in total. The first kappa shape index (κ1) is 21.8. The summed E-state index contributed by atoms with van der Waals surface area (Å²) in [6, 6.07) is 15.2. The topological polar surface area (TPSA) is 87.3 Å². The van der Waals surface area contributed by atoms with E-state index in [1.807, 2.05) is 69.3 Å². The molecule has 0 radical (unpaired) electrons. The number of thioether (sulfide) groups is 1. The third-order valence-corrected chi connectivity index (χ3v) is 5.99. The van der Waals surface area contributed by atoms with Crippen molar-refractivity contribution in [3.8, 4) is 11.5 Å². The molecule has 0 fully saturated rings. The van der Waals surface area contributed by atoms with Crippen molar-refractivity contribution >= 4 is 39.8 Å². The van der Waals surface area contributed by atoms with Crippen LogP contribution in [0.4, 0.5) is 0 Å². The molecule has 1 N–H and O–H groups in total. The SMILES string of the molecule is Cc1cccc(OCCOc2ccccc2C=C2C(=N)N3N=C(C(C)C)SC3=NC2=O)c1. The maximum atomic E-state index is 12.6. The number of hydrazone groups is 1. The molecule has 2 heterocycles. The van der Waals surface area contributed by atoms with Crippen LogP contribution in [0, 0.1) is 18.3 Å². The van der Waals surface area contributed by atoms with Crippen LogP contribution in [0.1, 0.15) is 25.0 Å². The molecule has 2 aliphatic heterocycles. The van der Waals surface area contributed by atoms with E-state index in [1.165, 1.54) is 16.8 Å². The Hall–Kier alpha value is -3.39. The molecular weight excluding hydrogens is 424 g/mol. The summed E-state index contributed by atoms with van der Waals surface area (Å²) < 4.78 is 11.6. The van der Waals surface area contributed by atoms with Crippen LogP contribution < -0.4 is 9.47 Å². The molecular formula is C24H24N4O3S. The first-order chi connectivity index (χ1) is 15.4. The Balaban J connectivity index is 1.47. The fraction of sp³-hybridized carbons (Fsp3) is 0.250. The number of aryl methyl sites for hydroxylation is 1. The van der Waals surface area contributed by atoms with Gasteiger partial charge in [-0.1, -0.05) is 44.2 Å². The highest BCUT2D eigenvalue weighted by Crippen LogP contribution is 2.31. The number of carbonyl (C=O) groups excluding carboxylic acids is 1. The van der Waals surface area contributed by atoms with Gasteiger partial charge in [0.25, 0.3) is 5.91 Å². The predicted octanol–water partition coefficient (Wildman–Crippen LogP) is 4.73. The Morgan fingerprint density at radius 2 is 1.91 bits per heavy atom. The second-order valence-corrected chi connectivity index (χ2v) is 8.65. The number of hydrogen-bond acceptors (Lipinski definition) is 6. The van der Waals surface area contributed by atoms with Crippen LogP contribution >= 0.6 is 11.8 Å². The molecule has 0 spiro atoms. The normalized spacial score (nSPS) is 16.9. The van der Waals surface area contributed by atoms with Crippen LogP contribution in [0.5, 0.6) is 11.5 Å². The van der Waals surface area contributed by atoms with Gasteiger partial charge in [-0.3, -0.25) is 10.2 Å². The number of amidine groups is 2. The minimum absolute atomic E-state index is 0.0146. The number of carbonyl (C=O) groups is 1. The molecule has 0 bridgehead atoms. The summed E-state index contributed by atoms with van der Waals surface area (Å²) in [6.45, 7) is 6.77. The highest BCUT2D eigenvalue weighted by Gasteiger charge is 2.36. The van der Waals surface area contributed by atoms with Gasteiger partial charge in [0.15, 0.2) is 5.84 Å². The number of rotatable bonds is 7. The quantitative estimate of drug-likeness (QED) is 0.489. The zero-order valence-corrected chi connectivity index (χ0v) is 19.0. The van der Waals surface area contributed by atoms with E-state index < -0.39 is 5.91 Å². The summed E-state index contributed by atoms with van der Waals surface area (Å²) in [7, 11) is 0. The molecule has 1 amide bonds. The Labute approximate surface area is 191 Å². The first-order valence-electron chi connectivity index (χ1n) is 10.3. The Bertz CT molecular complexity index is 1150. The Morgan fingerprint density at radius 3 is 2.69 bits per heavy atom. The van der Waals surface area contributed by atoms with Crippen LogP contribution in [-0.4, -0.2) is 40.2 Å². The number of hydrogen-bond donors (Lipinski definition) is 1. The Kier molecular flexibility index (Phi) is 6.41. The van der Waals surface area contributed by atoms with Crippen molar-refractivity contribution in [2.24, 2.45) is 16.0 Å². The van der Waals surface area contributed by atoms with E-state index in [2.05, 4.69) is 10.1 Å². The van der Waals surface area contributed by atoms with Crippen molar-refractivity contribution in [1.82, 2.24) is 5.01 Å². The third kappa shape index (κ3) is 4.75. The lowest BCUT2D eigenvalue weighted by Gasteiger charge is -2.20. The summed E-state index contributed by atoms with van der Waals surface area (Å²) in [5.74, 6) is 1.15. The molecule has 2 aliphatic rings. The molecule has 32 heavy (non-hydrogen) atoms. The molecule has 8 heteroatoms. The highest BCUT2D eigenvalue weighted by molar-refractivity contribution is 8.27. The fourth-order valence-corrected chi connectivity index (χ4v) is 4.04. The van der Waals surface area contributed by atoms with E-state index in [0.29, 0.717) is 29.7 Å². The average Bonchev–Trinajstić information content (AvgIpc) is 3.20. The van der Waals surface area contributed by atoms with Gasteiger partial charge in [0.2, 0.25) is 5.17 Å². The standard InChI is InChI=1S/C24H24N4O3S/c1-15(2)23-27-28-21(25)19(22(29)26-24(28)32-23)14-17-8-4-5-10-20(17)31-12-11-30-18-9-6-7-16(3)13-18/h4-10,13-15,25H,11-12H2,1-3H3. The van der Waals surface area contributed by atoms with Gasteiger partial charge in [0.1, 0.15) is 29.8 Å². The van der Waals surface area contributed by atoms with Crippen molar-refractivity contribution in [2.45, 2.75) is 20.8 Å². The van der Waals surface area contributed by atoms with Gasteiger partial charge in [-0.25, -0.2) is 0 Å². The zero-order valence-electron chi connectivity index (χ0n) is 18.2. The summed E-state index contributed by atoms with van der Waals surface area (Å²) in [6.07, 6.45) is 1.63. The van der Waals surface area contributed by atoms with Crippen LogP contribution in [0.2, 0.25) is 0 Å². The van der Waals surface area contributed by atoms with Gasteiger partial charge in [-0.2, -0.15) is 15.1 Å². The maximum Gasteiger partial charge on any atom is 0.283 e. The van der Waals surface area contributed by atoms with E-state index in [-0.39, 0.29) is 17.3 Å². The first-order valence-corrected chi connectivity index (χ1v) is 11.2. The molecule has 0 aliphatic carbocycles. The number of fused-ring (bicyclic) bond motifs is 1. The fourth-order valence-electron chi connectivity index (χ4n) is 3.14. The summed E-state index contributed by atoms with van der Waals surface area (Å²) in [4.78, 5) is 16.8. The van der Waals surface area contributed by atoms with E-state index in [1.54, 1.807) is 6.08 Å². The van der Waals surface area contributed by atoms with Crippen molar-refractivity contribution < 1.29 is 14.3 Å². The van der Waals surface area contributed by atoms with Crippen LogP contribution in [-0.2, 0) is 4.79 Å². The molecule has 0 aromatic heterocycles. The minimum atomic E-state index is -0.452. The molecule has 4 rings (SSSR count). The third-order valence-electron chi connectivity index (χ3n) is 4.78. The van der Waals surface area contributed by atoms with E-state index in [9.17, 15) is 4.79 Å². The van der Waals surface area contributed by atoms with Gasteiger partial charge < -0.3 is 9.47 Å². The van der Waals surface area contributed by atoms with Crippen molar-refractivity contribution in [1.29, 1.82) is 5.41 Å². The van der Waals surface area contributed by atoms with E-state index in [0.717, 1.165) is 16.4 Å². The number of benzene rings is 2. The van der Waals surface area contributed by atoms with E-state index in [4.69, 9.17) is 14.9 Å². The molecule has 0 saturated carbocycles. The van der Waals surface area contributed by atoms with Crippen molar-refractivity contribution in [3.63, 3.8) is 0 Å². The van der Waals surface area contributed by atoms with Gasteiger partial charge in [0.05, 0.1) is 5.57 Å². The smallest absolute Gasteiger partial charge is 0.283 e. The van der Waals surface area contributed by atoms with Crippen LogP contribution in [0.3, 0.4) is 0 Å².